The van der Waals surface area contributed by atoms with Crippen LogP contribution in [-0.4, -0.2) is 75.7 Å². The van der Waals surface area contributed by atoms with Crippen molar-refractivity contribution in [2.24, 2.45) is 0 Å². The van der Waals surface area contributed by atoms with E-state index >= 15 is 0 Å². The molecule has 3 rings (SSSR count). The maximum Gasteiger partial charge on any atom is 0.305 e. The highest BCUT2D eigenvalue weighted by atomic mass is 35.5. The summed E-state index contributed by atoms with van der Waals surface area (Å²) in [7, 11) is 0. The number of aldehydes is 1. The van der Waals surface area contributed by atoms with Gasteiger partial charge < -0.3 is 20.5 Å². The zero-order valence-corrected chi connectivity index (χ0v) is 18.3. The number of nitrogens with one attached hydrogen (secondary N) is 2. The quantitative estimate of drug-likeness (QED) is 0.470. The molecule has 176 valence electrons. The standard InChI is InChI=1S/C21H23ClN4O7/c22-13-5-3-12(4-6-13)19(31)24-15-7-8-17(28)25-9-1-2-16(26(25)21(15)33)20(32)23-14(11-27)10-18(29)30/h3-6,11,14-16H,1-2,7-10H2,(H,23,32)(H,24,31)(H,29,30)/t14-,15-,16-/m0/s1. The van der Waals surface area contributed by atoms with Gasteiger partial charge in [0.15, 0.2) is 0 Å². The number of carbonyl (C=O) groups is 6. The van der Waals surface area contributed by atoms with Crippen molar-refractivity contribution in [1.29, 1.82) is 0 Å². The number of rotatable bonds is 7. The molecule has 0 bridgehead atoms. The Morgan fingerprint density at radius 2 is 1.88 bits per heavy atom. The number of hydrogen-bond acceptors (Lipinski definition) is 6. The van der Waals surface area contributed by atoms with Crippen LogP contribution in [0.25, 0.3) is 0 Å². The van der Waals surface area contributed by atoms with Crippen LogP contribution in [0.5, 0.6) is 0 Å². The number of carboxylic acid groups (broad SMARTS) is 1. The summed E-state index contributed by atoms with van der Waals surface area (Å²) in [6.07, 6.45) is 0.361. The summed E-state index contributed by atoms with van der Waals surface area (Å²) in [6.45, 7) is 0.221. The molecule has 2 saturated heterocycles. The Labute approximate surface area is 194 Å². The van der Waals surface area contributed by atoms with Gasteiger partial charge in [-0.3, -0.25) is 29.0 Å². The number of halogens is 1. The third kappa shape index (κ3) is 5.67. The average molecular weight is 479 g/mol. The van der Waals surface area contributed by atoms with Crippen molar-refractivity contribution in [3.63, 3.8) is 0 Å². The molecular weight excluding hydrogens is 456 g/mol. The summed E-state index contributed by atoms with van der Waals surface area (Å²) < 4.78 is 0. The van der Waals surface area contributed by atoms with E-state index in [0.29, 0.717) is 17.7 Å². The lowest BCUT2D eigenvalue weighted by Gasteiger charge is -2.43. The number of fused-ring (bicyclic) bond motifs is 1. The van der Waals surface area contributed by atoms with Crippen LogP contribution < -0.4 is 10.6 Å². The number of hydrazine groups is 1. The molecule has 3 atom stereocenters. The maximum absolute atomic E-state index is 13.3. The number of aliphatic carboxylic acids is 1. The highest BCUT2D eigenvalue weighted by molar-refractivity contribution is 6.30. The smallest absolute Gasteiger partial charge is 0.305 e. The Kier molecular flexibility index (Phi) is 7.64. The van der Waals surface area contributed by atoms with E-state index in [1.54, 1.807) is 0 Å². The maximum atomic E-state index is 13.3. The van der Waals surface area contributed by atoms with E-state index in [4.69, 9.17) is 16.7 Å². The molecule has 1 aromatic carbocycles. The fourth-order valence-electron chi connectivity index (χ4n) is 3.85. The first kappa shape index (κ1) is 24.2. The highest BCUT2D eigenvalue weighted by Gasteiger charge is 2.44. The monoisotopic (exact) mass is 478 g/mol. The van der Waals surface area contributed by atoms with Gasteiger partial charge in [0.1, 0.15) is 18.4 Å². The summed E-state index contributed by atoms with van der Waals surface area (Å²) >= 11 is 5.84. The second-order valence-corrected chi connectivity index (χ2v) is 8.21. The highest BCUT2D eigenvalue weighted by Crippen LogP contribution is 2.25. The summed E-state index contributed by atoms with van der Waals surface area (Å²) in [6, 6.07) is 2.59. The zero-order chi connectivity index (χ0) is 24.1. The van der Waals surface area contributed by atoms with E-state index in [0.717, 1.165) is 5.01 Å². The van der Waals surface area contributed by atoms with Crippen LogP contribution in [0.15, 0.2) is 24.3 Å². The van der Waals surface area contributed by atoms with Crippen LogP contribution >= 0.6 is 11.6 Å². The van der Waals surface area contributed by atoms with Crippen molar-refractivity contribution in [3.05, 3.63) is 34.9 Å². The second kappa shape index (κ2) is 10.4. The molecule has 2 fully saturated rings. The van der Waals surface area contributed by atoms with E-state index in [9.17, 15) is 28.8 Å². The number of hydrogen-bond donors (Lipinski definition) is 3. The van der Waals surface area contributed by atoms with Crippen molar-refractivity contribution < 1.29 is 33.9 Å². The zero-order valence-electron chi connectivity index (χ0n) is 17.5. The van der Waals surface area contributed by atoms with Crippen molar-refractivity contribution in [1.82, 2.24) is 20.7 Å². The minimum atomic E-state index is -1.27. The molecule has 4 amide bonds. The van der Waals surface area contributed by atoms with Gasteiger partial charge in [0.05, 0.1) is 12.5 Å². The molecule has 0 aliphatic carbocycles. The fourth-order valence-corrected chi connectivity index (χ4v) is 3.98. The number of carbonyl (C=O) groups excluding carboxylic acids is 5. The molecule has 3 N–H and O–H groups in total. The van der Waals surface area contributed by atoms with E-state index < -0.39 is 48.2 Å². The minimum absolute atomic E-state index is 0.0158. The van der Waals surface area contributed by atoms with Crippen LogP contribution in [0.2, 0.25) is 5.02 Å². The van der Waals surface area contributed by atoms with Gasteiger partial charge in [0.25, 0.3) is 11.8 Å². The van der Waals surface area contributed by atoms with Crippen LogP contribution in [0.1, 0.15) is 42.5 Å². The van der Waals surface area contributed by atoms with E-state index in [2.05, 4.69) is 10.6 Å². The Balaban J connectivity index is 1.80. The lowest BCUT2D eigenvalue weighted by atomic mass is 10.0. The van der Waals surface area contributed by atoms with Gasteiger partial charge in [0.2, 0.25) is 11.8 Å². The molecule has 0 radical (unpaired) electrons. The molecule has 0 aromatic heterocycles. The molecule has 2 aliphatic heterocycles. The Morgan fingerprint density at radius 1 is 1.18 bits per heavy atom. The van der Waals surface area contributed by atoms with E-state index in [1.165, 1.54) is 29.3 Å². The van der Waals surface area contributed by atoms with Gasteiger partial charge >= 0.3 is 5.97 Å². The topological polar surface area (TPSA) is 153 Å². The first-order valence-corrected chi connectivity index (χ1v) is 10.8. The van der Waals surface area contributed by atoms with Gasteiger partial charge in [-0.05, 0) is 43.5 Å². The van der Waals surface area contributed by atoms with Gasteiger partial charge in [-0.25, -0.2) is 5.01 Å². The third-order valence-corrected chi connectivity index (χ3v) is 5.71. The van der Waals surface area contributed by atoms with Crippen LogP contribution in [-0.2, 0) is 24.0 Å². The number of benzene rings is 1. The first-order valence-electron chi connectivity index (χ1n) is 10.4. The lowest BCUT2D eigenvalue weighted by molar-refractivity contribution is -0.176. The van der Waals surface area contributed by atoms with Crippen molar-refractivity contribution >= 4 is 47.5 Å². The van der Waals surface area contributed by atoms with Crippen LogP contribution in [0.3, 0.4) is 0 Å². The molecule has 1 aromatic rings. The molecular formula is C21H23ClN4O7. The molecule has 12 heteroatoms. The first-order chi connectivity index (χ1) is 15.7. The van der Waals surface area contributed by atoms with Crippen LogP contribution in [0.4, 0.5) is 0 Å². The number of nitrogens with zero attached hydrogens (tertiary/aromatic N) is 2. The summed E-state index contributed by atoms with van der Waals surface area (Å²) in [5.41, 5.74) is 0.273. The molecule has 33 heavy (non-hydrogen) atoms. The lowest BCUT2D eigenvalue weighted by Crippen LogP contribution is -2.64. The Hall–Kier alpha value is -3.47. The van der Waals surface area contributed by atoms with E-state index in [-0.39, 0.29) is 37.3 Å². The SMILES string of the molecule is O=C[C@H](CC(=O)O)NC(=O)[C@@H]1CCCN2C(=O)CC[C@H](NC(=O)c3ccc(Cl)cc3)C(=O)N12. The average Bonchev–Trinajstić information content (AvgIpc) is 2.90. The van der Waals surface area contributed by atoms with Crippen LogP contribution in [0, 0.1) is 0 Å². The summed E-state index contributed by atoms with van der Waals surface area (Å²) in [4.78, 5) is 73.6. The van der Waals surface area contributed by atoms with Crippen molar-refractivity contribution in [2.45, 2.75) is 50.2 Å². The predicted octanol–water partition coefficient (Wildman–Crippen LogP) is 0.125. The molecule has 0 unspecified atom stereocenters. The molecule has 2 aliphatic rings. The molecule has 0 saturated carbocycles. The Morgan fingerprint density at radius 3 is 2.52 bits per heavy atom. The number of amides is 4. The third-order valence-electron chi connectivity index (χ3n) is 5.46. The summed E-state index contributed by atoms with van der Waals surface area (Å²) in [5.74, 6) is -3.57. The van der Waals surface area contributed by atoms with E-state index in [1.807, 2.05) is 0 Å². The largest absolute Gasteiger partial charge is 0.481 e. The van der Waals surface area contributed by atoms with Gasteiger partial charge in [0, 0.05) is 23.6 Å². The molecule has 11 nitrogen and oxygen atoms in total. The van der Waals surface area contributed by atoms with Gasteiger partial charge in [-0.15, -0.1) is 0 Å². The molecule has 2 heterocycles. The molecule has 0 spiro atoms. The van der Waals surface area contributed by atoms with Gasteiger partial charge in [-0.2, -0.15) is 0 Å². The predicted molar refractivity (Wildman–Crippen MR) is 114 cm³/mol. The minimum Gasteiger partial charge on any atom is -0.481 e. The van der Waals surface area contributed by atoms with Gasteiger partial charge in [-0.1, -0.05) is 11.6 Å². The van der Waals surface area contributed by atoms with Crippen molar-refractivity contribution in [3.8, 4) is 0 Å². The Bertz CT molecular complexity index is 968. The number of carboxylic acids is 1. The normalized spacial score (nSPS) is 21.5. The fraction of sp³-hybridized carbons (Fsp3) is 0.429. The van der Waals surface area contributed by atoms with Crippen molar-refractivity contribution in [2.75, 3.05) is 6.54 Å². The summed E-state index contributed by atoms with van der Waals surface area (Å²) in [5, 5.41) is 16.5. The second-order valence-electron chi connectivity index (χ2n) is 7.78.